The van der Waals surface area contributed by atoms with Crippen LogP contribution in [0.15, 0.2) is 23.2 Å². The van der Waals surface area contributed by atoms with Crippen LogP contribution in [-0.2, 0) is 16.0 Å². The minimum Gasteiger partial charge on any atom is -0.443 e. The maximum Gasteiger partial charge on any atom is 0.415 e. The van der Waals surface area contributed by atoms with E-state index in [4.69, 9.17) is 9.47 Å². The molecule has 0 spiro atoms. The number of guanidine groups is 1. The van der Waals surface area contributed by atoms with Crippen LogP contribution in [0.2, 0.25) is 0 Å². The second kappa shape index (κ2) is 11.2. The summed E-state index contributed by atoms with van der Waals surface area (Å²) >= 11 is 0. The van der Waals surface area contributed by atoms with Crippen molar-refractivity contribution in [3.63, 3.8) is 0 Å². The third kappa shape index (κ3) is 7.86. The molecule has 1 aliphatic rings. The summed E-state index contributed by atoms with van der Waals surface area (Å²) < 4.78 is 11.0. The SMILES string of the molecule is CCNC(=NCc1ccc(N(C(=O)OC(C)(C)C)C2CC2)c(C)c1)NCCOCC. The molecule has 168 valence electrons. The summed E-state index contributed by atoms with van der Waals surface area (Å²) in [5.41, 5.74) is 2.55. The smallest absolute Gasteiger partial charge is 0.415 e. The Morgan fingerprint density at radius 2 is 1.97 bits per heavy atom. The quantitative estimate of drug-likeness (QED) is 0.360. The molecule has 1 saturated carbocycles. The lowest BCUT2D eigenvalue weighted by Gasteiger charge is -2.28. The number of benzene rings is 1. The van der Waals surface area contributed by atoms with Gasteiger partial charge in [-0.3, -0.25) is 4.90 Å². The second-order valence-corrected chi connectivity index (χ2v) is 8.52. The van der Waals surface area contributed by atoms with Crippen molar-refractivity contribution in [1.82, 2.24) is 10.6 Å². The zero-order chi connectivity index (χ0) is 22.1. The van der Waals surface area contributed by atoms with Crippen LogP contribution in [0.4, 0.5) is 10.5 Å². The molecule has 0 atom stereocenters. The molecule has 7 nitrogen and oxygen atoms in total. The van der Waals surface area contributed by atoms with Gasteiger partial charge in [0.05, 0.1) is 18.8 Å². The molecule has 1 amide bonds. The highest BCUT2D eigenvalue weighted by molar-refractivity contribution is 5.90. The number of nitrogens with one attached hydrogen (secondary N) is 2. The number of carbonyl (C=O) groups excluding carboxylic acids is 1. The Hall–Kier alpha value is -2.28. The third-order valence-electron chi connectivity index (χ3n) is 4.53. The minimum absolute atomic E-state index is 0.234. The summed E-state index contributed by atoms with van der Waals surface area (Å²) in [5.74, 6) is 0.771. The molecular formula is C23H38N4O3. The van der Waals surface area contributed by atoms with Crippen LogP contribution in [0.25, 0.3) is 0 Å². The molecule has 7 heteroatoms. The monoisotopic (exact) mass is 418 g/mol. The number of carbonyl (C=O) groups is 1. The van der Waals surface area contributed by atoms with E-state index in [2.05, 4.69) is 21.7 Å². The van der Waals surface area contributed by atoms with Crippen LogP contribution in [0.1, 0.15) is 58.6 Å². The highest BCUT2D eigenvalue weighted by atomic mass is 16.6. The maximum absolute atomic E-state index is 12.8. The molecule has 2 rings (SSSR count). The van der Waals surface area contributed by atoms with Crippen molar-refractivity contribution < 1.29 is 14.3 Å². The highest BCUT2D eigenvalue weighted by Gasteiger charge is 2.37. The topological polar surface area (TPSA) is 75.2 Å². The van der Waals surface area contributed by atoms with Gasteiger partial charge in [0, 0.05) is 25.7 Å². The molecule has 1 fully saturated rings. The van der Waals surface area contributed by atoms with Gasteiger partial charge in [0.2, 0.25) is 0 Å². The maximum atomic E-state index is 12.8. The fraction of sp³-hybridized carbons (Fsp3) is 0.652. The standard InChI is InChI=1S/C23H38N4O3/c1-7-24-21(25-13-14-29-8-2)26-16-18-9-12-20(17(3)15-18)27(19-10-11-19)22(28)30-23(4,5)6/h9,12,15,19H,7-8,10-11,13-14,16H2,1-6H3,(H2,24,25,26). The van der Waals surface area contributed by atoms with Crippen molar-refractivity contribution in [1.29, 1.82) is 0 Å². The zero-order valence-corrected chi connectivity index (χ0v) is 19.4. The molecule has 1 aromatic rings. The molecule has 0 radical (unpaired) electrons. The summed E-state index contributed by atoms with van der Waals surface area (Å²) in [4.78, 5) is 19.2. The number of rotatable bonds is 9. The van der Waals surface area contributed by atoms with Gasteiger partial charge < -0.3 is 20.1 Å². The molecule has 1 aromatic carbocycles. The van der Waals surface area contributed by atoms with E-state index in [1.54, 1.807) is 0 Å². The van der Waals surface area contributed by atoms with Gasteiger partial charge in [-0.25, -0.2) is 9.79 Å². The van der Waals surface area contributed by atoms with Gasteiger partial charge in [0.1, 0.15) is 5.60 Å². The normalized spacial score (nSPS) is 14.4. The number of nitrogens with zero attached hydrogens (tertiary/aromatic N) is 2. The lowest BCUT2D eigenvalue weighted by Crippen LogP contribution is -2.39. The van der Waals surface area contributed by atoms with Crippen molar-refractivity contribution in [2.75, 3.05) is 31.2 Å². The number of ether oxygens (including phenoxy) is 2. The van der Waals surface area contributed by atoms with E-state index in [0.717, 1.165) is 42.2 Å². The first-order chi connectivity index (χ1) is 14.2. The molecule has 1 aliphatic carbocycles. The van der Waals surface area contributed by atoms with E-state index in [9.17, 15) is 4.79 Å². The van der Waals surface area contributed by atoms with Gasteiger partial charge in [-0.1, -0.05) is 12.1 Å². The van der Waals surface area contributed by atoms with Crippen LogP contribution in [-0.4, -0.2) is 50.0 Å². The zero-order valence-electron chi connectivity index (χ0n) is 19.4. The molecular weight excluding hydrogens is 380 g/mol. The average Bonchev–Trinajstić information content (AvgIpc) is 3.48. The molecule has 0 unspecified atom stereocenters. The van der Waals surface area contributed by atoms with Gasteiger partial charge in [-0.2, -0.15) is 0 Å². The fourth-order valence-electron chi connectivity index (χ4n) is 3.07. The number of hydrogen-bond acceptors (Lipinski definition) is 4. The second-order valence-electron chi connectivity index (χ2n) is 8.52. The lowest BCUT2D eigenvalue weighted by atomic mass is 10.1. The van der Waals surface area contributed by atoms with E-state index in [1.165, 1.54) is 0 Å². The summed E-state index contributed by atoms with van der Waals surface area (Å²) in [5, 5.41) is 6.52. The van der Waals surface area contributed by atoms with E-state index in [1.807, 2.05) is 58.6 Å². The average molecular weight is 419 g/mol. The molecule has 30 heavy (non-hydrogen) atoms. The van der Waals surface area contributed by atoms with Crippen molar-refractivity contribution in [2.45, 2.75) is 72.6 Å². The lowest BCUT2D eigenvalue weighted by molar-refractivity contribution is 0.0577. The molecule has 0 bridgehead atoms. The van der Waals surface area contributed by atoms with E-state index in [0.29, 0.717) is 26.3 Å². The number of aryl methyl sites for hydroxylation is 1. The predicted octanol–water partition coefficient (Wildman–Crippen LogP) is 3.99. The van der Waals surface area contributed by atoms with Crippen LogP contribution < -0.4 is 15.5 Å². The first kappa shape index (κ1) is 24.0. The molecule has 0 aromatic heterocycles. The Morgan fingerprint density at radius 1 is 1.23 bits per heavy atom. The minimum atomic E-state index is -0.509. The van der Waals surface area contributed by atoms with Crippen molar-refractivity contribution >= 4 is 17.7 Å². The Balaban J connectivity index is 2.08. The first-order valence-corrected chi connectivity index (χ1v) is 11.0. The van der Waals surface area contributed by atoms with Crippen molar-refractivity contribution in [3.05, 3.63) is 29.3 Å². The van der Waals surface area contributed by atoms with Gasteiger partial charge >= 0.3 is 6.09 Å². The number of hydrogen-bond donors (Lipinski definition) is 2. The number of aliphatic imine (C=N–C) groups is 1. The fourth-order valence-corrected chi connectivity index (χ4v) is 3.07. The van der Waals surface area contributed by atoms with Crippen LogP contribution >= 0.6 is 0 Å². The highest BCUT2D eigenvalue weighted by Crippen LogP contribution is 2.35. The van der Waals surface area contributed by atoms with Gasteiger partial charge in [0.15, 0.2) is 5.96 Å². The van der Waals surface area contributed by atoms with E-state index >= 15 is 0 Å². The summed E-state index contributed by atoms with van der Waals surface area (Å²) in [6.07, 6.45) is 1.76. The van der Waals surface area contributed by atoms with Gasteiger partial charge in [-0.05, 0) is 71.6 Å². The first-order valence-electron chi connectivity index (χ1n) is 11.0. The predicted molar refractivity (Wildman–Crippen MR) is 122 cm³/mol. The van der Waals surface area contributed by atoms with Gasteiger partial charge in [-0.15, -0.1) is 0 Å². The van der Waals surface area contributed by atoms with Crippen molar-refractivity contribution in [2.24, 2.45) is 4.99 Å². The van der Waals surface area contributed by atoms with Crippen LogP contribution in [0.3, 0.4) is 0 Å². The van der Waals surface area contributed by atoms with E-state index in [-0.39, 0.29) is 12.1 Å². The Morgan fingerprint density at radius 3 is 2.53 bits per heavy atom. The number of amides is 1. The van der Waals surface area contributed by atoms with Crippen LogP contribution in [0.5, 0.6) is 0 Å². The van der Waals surface area contributed by atoms with E-state index < -0.39 is 5.60 Å². The number of anilines is 1. The van der Waals surface area contributed by atoms with Crippen LogP contribution in [0, 0.1) is 6.92 Å². The summed E-state index contributed by atoms with van der Waals surface area (Å²) in [7, 11) is 0. The summed E-state index contributed by atoms with van der Waals surface area (Å²) in [6, 6.07) is 6.38. The molecule has 0 heterocycles. The summed E-state index contributed by atoms with van der Waals surface area (Å²) in [6.45, 7) is 15.2. The molecule has 2 N–H and O–H groups in total. The van der Waals surface area contributed by atoms with Crippen molar-refractivity contribution in [3.8, 4) is 0 Å². The largest absolute Gasteiger partial charge is 0.443 e. The third-order valence-corrected chi connectivity index (χ3v) is 4.53. The Bertz CT molecular complexity index is 724. The molecule has 0 aliphatic heterocycles. The Kier molecular flexibility index (Phi) is 8.96. The molecule has 0 saturated heterocycles. The Labute approximate surface area is 181 Å². The van der Waals surface area contributed by atoms with Gasteiger partial charge in [0.25, 0.3) is 0 Å².